The fraction of sp³-hybridized carbons (Fsp3) is 0.0667. The molecule has 0 bridgehead atoms. The van der Waals surface area contributed by atoms with Crippen molar-refractivity contribution in [1.29, 1.82) is 0 Å². The Kier molecular flexibility index (Phi) is 3.06. The van der Waals surface area contributed by atoms with Crippen molar-refractivity contribution in [1.82, 2.24) is 0 Å². The lowest BCUT2D eigenvalue weighted by Crippen LogP contribution is -2.16. The van der Waals surface area contributed by atoms with E-state index in [1.54, 1.807) is 36.4 Å². The monoisotopic (exact) mass is 331 g/mol. The van der Waals surface area contributed by atoms with Gasteiger partial charge in [-0.3, -0.25) is 4.79 Å². The highest BCUT2D eigenvalue weighted by Gasteiger charge is 2.36. The van der Waals surface area contributed by atoms with Crippen LogP contribution in [0.3, 0.4) is 0 Å². The van der Waals surface area contributed by atoms with Gasteiger partial charge in [-0.25, -0.2) is 0 Å². The van der Waals surface area contributed by atoms with Crippen LogP contribution in [0.4, 0.5) is 5.69 Å². The van der Waals surface area contributed by atoms with E-state index >= 15 is 0 Å². The smallest absolute Gasteiger partial charge is 0.272 e. The Morgan fingerprint density at radius 3 is 2.70 bits per heavy atom. The molecule has 2 aromatic carbocycles. The maximum atomic E-state index is 12.4. The Morgan fingerprint density at radius 1 is 1.20 bits per heavy atom. The van der Waals surface area contributed by atoms with Crippen LogP contribution < -0.4 is 4.74 Å². The van der Waals surface area contributed by atoms with Crippen LogP contribution in [0.5, 0.6) is 5.75 Å². The molecule has 0 fully saturated rings. The summed E-state index contributed by atoms with van der Waals surface area (Å²) < 4.78 is 6.59. The average Bonchev–Trinajstić information content (AvgIpc) is 2.70. The highest BCUT2D eigenvalue weighted by atomic mass is 79.9. The summed E-state index contributed by atoms with van der Waals surface area (Å²) in [5.74, 6) is 0.271. The number of rotatable bonds is 2. The predicted molar refractivity (Wildman–Crippen MR) is 78.9 cm³/mol. The van der Waals surface area contributed by atoms with E-state index in [2.05, 4.69) is 15.9 Å². The molecule has 0 spiro atoms. The average molecular weight is 332 g/mol. The maximum Gasteiger partial charge on any atom is 0.272 e. The molecule has 20 heavy (non-hydrogen) atoms. The lowest BCUT2D eigenvalue weighted by molar-refractivity contribution is -0.355. The summed E-state index contributed by atoms with van der Waals surface area (Å²) in [4.78, 5) is 12.4. The first kappa shape index (κ1) is 12.9. The molecule has 0 saturated heterocycles. The molecule has 2 aromatic rings. The summed E-state index contributed by atoms with van der Waals surface area (Å²) in [7, 11) is 1.52. The highest BCUT2D eigenvalue weighted by molar-refractivity contribution is 9.10. The minimum absolute atomic E-state index is 0.134. The number of halogens is 1. The first-order chi connectivity index (χ1) is 9.61. The van der Waals surface area contributed by atoms with Crippen molar-refractivity contribution in [3.8, 4) is 5.75 Å². The minimum Gasteiger partial charge on any atom is -0.618 e. The fourth-order valence-corrected chi connectivity index (χ4v) is 2.62. The van der Waals surface area contributed by atoms with Crippen molar-refractivity contribution in [2.75, 3.05) is 7.11 Å². The second-order valence-electron chi connectivity index (χ2n) is 4.37. The van der Waals surface area contributed by atoms with Gasteiger partial charge in [-0.15, -0.1) is 0 Å². The zero-order chi connectivity index (χ0) is 14.3. The molecular formula is C15H10BrNO3. The van der Waals surface area contributed by atoms with Gasteiger partial charge in [0.05, 0.1) is 12.7 Å². The number of fused-ring (bicyclic) bond motifs is 1. The minimum atomic E-state index is -0.285. The number of hydrogen-bond acceptors (Lipinski definition) is 3. The summed E-state index contributed by atoms with van der Waals surface area (Å²) >= 11 is 3.34. The molecule has 0 aromatic heterocycles. The number of Topliss-reactive ketones (excluding diaryl/α,β-unsaturated/α-hetero) is 1. The Hall–Kier alpha value is -2.14. The third-order valence-corrected chi connectivity index (χ3v) is 3.68. The van der Waals surface area contributed by atoms with Crippen LogP contribution >= 0.6 is 15.9 Å². The Labute approximate surface area is 124 Å². The molecule has 3 rings (SSSR count). The summed E-state index contributed by atoms with van der Waals surface area (Å²) in [5, 5.41) is 12.3. The molecule has 0 aliphatic carbocycles. The zero-order valence-electron chi connectivity index (χ0n) is 10.6. The third-order valence-electron chi connectivity index (χ3n) is 3.18. The molecule has 100 valence electrons. The first-order valence-corrected chi connectivity index (χ1v) is 6.74. The van der Waals surface area contributed by atoms with E-state index in [1.165, 1.54) is 7.11 Å². The van der Waals surface area contributed by atoms with Gasteiger partial charge in [-0.05, 0) is 30.3 Å². The van der Waals surface area contributed by atoms with Crippen LogP contribution in [-0.4, -0.2) is 23.3 Å². The third kappa shape index (κ3) is 1.91. The van der Waals surface area contributed by atoms with Crippen molar-refractivity contribution in [2.45, 2.75) is 0 Å². The lowest BCUT2D eigenvalue weighted by Gasteiger charge is -2.03. The van der Waals surface area contributed by atoms with Crippen molar-refractivity contribution in [2.24, 2.45) is 0 Å². The van der Waals surface area contributed by atoms with E-state index in [1.807, 2.05) is 6.07 Å². The molecule has 1 aliphatic rings. The number of carbonyl (C=O) groups is 1. The molecule has 4 nitrogen and oxygen atoms in total. The van der Waals surface area contributed by atoms with Gasteiger partial charge < -0.3 is 9.94 Å². The SMILES string of the molecule is COc1ccc2c(c1)C(=O)C(c1cccc(Br)c1)=[N+]2[O-]. The number of benzene rings is 2. The van der Waals surface area contributed by atoms with E-state index in [0.29, 0.717) is 27.3 Å². The lowest BCUT2D eigenvalue weighted by atomic mass is 10.0. The highest BCUT2D eigenvalue weighted by Crippen LogP contribution is 2.31. The largest absolute Gasteiger partial charge is 0.618 e. The summed E-state index contributed by atoms with van der Waals surface area (Å²) in [6.45, 7) is 0. The molecular weight excluding hydrogens is 322 g/mol. The topological polar surface area (TPSA) is 52.4 Å². The first-order valence-electron chi connectivity index (χ1n) is 5.94. The molecule has 0 N–H and O–H groups in total. The Bertz CT molecular complexity index is 753. The van der Waals surface area contributed by atoms with Gasteiger partial charge in [0.15, 0.2) is 0 Å². The Balaban J connectivity index is 2.16. The number of methoxy groups -OCH3 is 1. The van der Waals surface area contributed by atoms with Crippen molar-refractivity contribution >= 4 is 33.1 Å². The predicted octanol–water partition coefficient (Wildman–Crippen LogP) is 3.29. The van der Waals surface area contributed by atoms with Gasteiger partial charge >= 0.3 is 0 Å². The van der Waals surface area contributed by atoms with Crippen LogP contribution in [0.25, 0.3) is 0 Å². The number of hydrogen-bond donors (Lipinski definition) is 0. The van der Waals surface area contributed by atoms with Gasteiger partial charge in [-0.2, -0.15) is 4.74 Å². The molecule has 0 amide bonds. The maximum absolute atomic E-state index is 12.4. The second-order valence-corrected chi connectivity index (χ2v) is 5.28. The van der Waals surface area contributed by atoms with Crippen molar-refractivity contribution < 1.29 is 14.3 Å². The summed E-state index contributed by atoms with van der Waals surface area (Å²) in [5.41, 5.74) is 1.45. The molecule has 5 heteroatoms. The van der Waals surface area contributed by atoms with E-state index in [-0.39, 0.29) is 11.5 Å². The van der Waals surface area contributed by atoms with Crippen molar-refractivity contribution in [3.63, 3.8) is 0 Å². The molecule has 0 radical (unpaired) electrons. The van der Waals surface area contributed by atoms with Gasteiger partial charge in [0, 0.05) is 10.5 Å². The van der Waals surface area contributed by atoms with Crippen LogP contribution in [-0.2, 0) is 0 Å². The quantitative estimate of drug-likeness (QED) is 0.626. The molecule has 0 unspecified atom stereocenters. The number of nitrogens with zero attached hydrogens (tertiary/aromatic N) is 1. The summed E-state index contributed by atoms with van der Waals surface area (Å²) in [6.07, 6.45) is 0. The molecule has 1 aliphatic heterocycles. The number of ether oxygens (including phenoxy) is 1. The number of carbonyl (C=O) groups excluding carboxylic acids is 1. The fourth-order valence-electron chi connectivity index (χ4n) is 2.23. The van der Waals surface area contributed by atoms with E-state index in [9.17, 15) is 10.0 Å². The summed E-state index contributed by atoms with van der Waals surface area (Å²) in [6, 6.07) is 12.0. The van der Waals surface area contributed by atoms with Crippen molar-refractivity contribution in [3.05, 3.63) is 63.3 Å². The van der Waals surface area contributed by atoms with Crippen LogP contribution in [0.1, 0.15) is 15.9 Å². The zero-order valence-corrected chi connectivity index (χ0v) is 12.2. The standard InChI is InChI=1S/C15H10BrNO3/c1-20-11-5-6-13-12(8-11)15(18)14(17(13)19)9-3-2-4-10(16)7-9/h2-8H,1H3. The normalized spacial score (nSPS) is 13.6. The van der Waals surface area contributed by atoms with E-state index < -0.39 is 0 Å². The molecule has 0 saturated carbocycles. The van der Waals surface area contributed by atoms with E-state index in [0.717, 1.165) is 4.47 Å². The number of ketones is 1. The van der Waals surface area contributed by atoms with Gasteiger partial charge in [0.25, 0.3) is 11.5 Å². The second kappa shape index (κ2) is 4.76. The van der Waals surface area contributed by atoms with Crippen LogP contribution in [0, 0.1) is 5.21 Å². The molecule has 0 atom stereocenters. The van der Waals surface area contributed by atoms with Gasteiger partial charge in [-0.1, -0.05) is 22.0 Å². The van der Waals surface area contributed by atoms with E-state index in [4.69, 9.17) is 4.74 Å². The van der Waals surface area contributed by atoms with Crippen LogP contribution in [0.15, 0.2) is 46.9 Å². The van der Waals surface area contributed by atoms with Gasteiger partial charge in [0.1, 0.15) is 11.3 Å². The van der Waals surface area contributed by atoms with Gasteiger partial charge in [0.2, 0.25) is 5.69 Å². The Morgan fingerprint density at radius 2 is 2.00 bits per heavy atom. The molecule has 1 heterocycles. The van der Waals surface area contributed by atoms with Crippen LogP contribution in [0.2, 0.25) is 0 Å².